The lowest BCUT2D eigenvalue weighted by atomic mass is 10.2. The maximum absolute atomic E-state index is 11.2. The highest BCUT2D eigenvalue weighted by Crippen LogP contribution is 2.13. The molecule has 6 nitrogen and oxygen atoms in total. The lowest BCUT2D eigenvalue weighted by molar-refractivity contribution is -0.254. The number of hydrogen-bond donors (Lipinski definition) is 0. The molecule has 16 heavy (non-hydrogen) atoms. The fourth-order valence-electron chi connectivity index (χ4n) is 1.53. The molecule has 2 aromatic heterocycles. The second kappa shape index (κ2) is 3.41. The van der Waals surface area contributed by atoms with Gasteiger partial charge in [0.05, 0.1) is 29.0 Å². The van der Waals surface area contributed by atoms with Gasteiger partial charge in [0.25, 0.3) is 0 Å². The van der Waals surface area contributed by atoms with Gasteiger partial charge in [0, 0.05) is 6.20 Å². The van der Waals surface area contributed by atoms with Crippen molar-refractivity contribution in [1.29, 1.82) is 0 Å². The van der Waals surface area contributed by atoms with E-state index in [2.05, 4.69) is 10.1 Å². The molecule has 2 heterocycles. The third-order valence-electron chi connectivity index (χ3n) is 2.37. The number of fused-ring (bicyclic) bond motifs is 1. The summed E-state index contributed by atoms with van der Waals surface area (Å²) in [5.74, 6) is -1.48. The van der Waals surface area contributed by atoms with Crippen LogP contribution in [0.25, 0.3) is 5.65 Å². The zero-order valence-corrected chi connectivity index (χ0v) is 8.72. The first-order valence-corrected chi connectivity index (χ1v) is 4.58. The quantitative estimate of drug-likeness (QED) is 0.640. The van der Waals surface area contributed by atoms with Gasteiger partial charge in [-0.2, -0.15) is 5.10 Å². The summed E-state index contributed by atoms with van der Waals surface area (Å²) in [7, 11) is 0. The highest BCUT2D eigenvalue weighted by Gasteiger charge is 2.12. The van der Waals surface area contributed by atoms with Gasteiger partial charge in [-0.1, -0.05) is 0 Å². The number of hydrogen-bond acceptors (Lipinski definition) is 5. The van der Waals surface area contributed by atoms with Crippen molar-refractivity contribution in [3.05, 3.63) is 29.2 Å². The zero-order chi connectivity index (χ0) is 11.9. The van der Waals surface area contributed by atoms with Crippen LogP contribution in [0, 0.1) is 6.92 Å². The highest BCUT2D eigenvalue weighted by atomic mass is 16.4. The van der Waals surface area contributed by atoms with Crippen molar-refractivity contribution in [1.82, 2.24) is 14.6 Å². The molecule has 2 aromatic rings. The minimum atomic E-state index is -1.34. The Morgan fingerprint density at radius 1 is 1.31 bits per heavy atom. The van der Waals surface area contributed by atoms with E-state index in [4.69, 9.17) is 0 Å². The van der Waals surface area contributed by atoms with Crippen LogP contribution < -0.4 is 5.11 Å². The molecule has 0 unspecified atom stereocenters. The van der Waals surface area contributed by atoms with Gasteiger partial charge in [0.1, 0.15) is 0 Å². The SMILES string of the molecule is CC(=O)c1cnc2c(C(=O)[O-])cnn2c1C. The van der Waals surface area contributed by atoms with E-state index in [1.54, 1.807) is 6.92 Å². The number of aryl methyl sites for hydroxylation is 1. The number of carbonyl (C=O) groups is 2. The molecule has 82 valence electrons. The molecule has 0 aliphatic rings. The molecule has 0 aliphatic heterocycles. The Balaban J connectivity index is 2.78. The van der Waals surface area contributed by atoms with Gasteiger partial charge in [0.2, 0.25) is 0 Å². The van der Waals surface area contributed by atoms with Crippen LogP contribution in [-0.2, 0) is 0 Å². The van der Waals surface area contributed by atoms with Crippen molar-refractivity contribution in [3.63, 3.8) is 0 Å². The molecule has 0 radical (unpaired) electrons. The first-order valence-electron chi connectivity index (χ1n) is 4.58. The molecule has 2 rings (SSSR count). The Kier molecular flexibility index (Phi) is 2.19. The van der Waals surface area contributed by atoms with E-state index in [1.165, 1.54) is 17.6 Å². The Morgan fingerprint density at radius 2 is 2.00 bits per heavy atom. The number of aromatic carboxylic acids is 1. The third kappa shape index (κ3) is 1.35. The molecule has 0 N–H and O–H groups in total. The van der Waals surface area contributed by atoms with E-state index >= 15 is 0 Å². The predicted molar refractivity (Wildman–Crippen MR) is 52.1 cm³/mol. The molecule has 0 spiro atoms. The maximum Gasteiger partial charge on any atom is 0.164 e. The van der Waals surface area contributed by atoms with Gasteiger partial charge in [0.15, 0.2) is 11.4 Å². The maximum atomic E-state index is 11.2. The molecule has 0 amide bonds. The first kappa shape index (κ1) is 10.3. The van der Waals surface area contributed by atoms with Crippen LogP contribution in [-0.4, -0.2) is 26.4 Å². The molecule has 0 aromatic carbocycles. The average Bonchev–Trinajstić information content (AvgIpc) is 2.61. The Labute approximate surface area is 90.5 Å². The Bertz CT molecular complexity index is 601. The Morgan fingerprint density at radius 3 is 2.56 bits per heavy atom. The lowest BCUT2D eigenvalue weighted by Gasteiger charge is -2.04. The van der Waals surface area contributed by atoms with Crippen LogP contribution in [0.1, 0.15) is 33.3 Å². The van der Waals surface area contributed by atoms with Crippen LogP contribution >= 0.6 is 0 Å². The molecule has 0 saturated heterocycles. The van der Waals surface area contributed by atoms with Gasteiger partial charge in [-0.15, -0.1) is 0 Å². The monoisotopic (exact) mass is 218 g/mol. The number of carbonyl (C=O) groups excluding carboxylic acids is 2. The minimum absolute atomic E-state index is 0.0850. The largest absolute Gasteiger partial charge is 0.545 e. The fourth-order valence-corrected chi connectivity index (χ4v) is 1.53. The first-order chi connectivity index (χ1) is 7.52. The van der Waals surface area contributed by atoms with E-state index in [9.17, 15) is 14.7 Å². The van der Waals surface area contributed by atoms with E-state index < -0.39 is 5.97 Å². The number of aromatic nitrogens is 3. The summed E-state index contributed by atoms with van der Waals surface area (Å²) in [5.41, 5.74) is 1.08. The third-order valence-corrected chi connectivity index (χ3v) is 2.37. The van der Waals surface area contributed by atoms with Gasteiger partial charge in [-0.05, 0) is 13.8 Å². The van der Waals surface area contributed by atoms with E-state index in [-0.39, 0.29) is 17.0 Å². The molecular formula is C10H8N3O3-. The molecular weight excluding hydrogens is 210 g/mol. The highest BCUT2D eigenvalue weighted by molar-refractivity contribution is 5.96. The van der Waals surface area contributed by atoms with Crippen LogP contribution in [0.3, 0.4) is 0 Å². The van der Waals surface area contributed by atoms with E-state index in [1.807, 2.05) is 0 Å². The van der Waals surface area contributed by atoms with Crippen molar-refractivity contribution >= 4 is 17.4 Å². The summed E-state index contributed by atoms with van der Waals surface area (Å²) >= 11 is 0. The number of ketones is 1. The smallest absolute Gasteiger partial charge is 0.164 e. The average molecular weight is 218 g/mol. The topological polar surface area (TPSA) is 87.4 Å². The zero-order valence-electron chi connectivity index (χ0n) is 8.72. The minimum Gasteiger partial charge on any atom is -0.545 e. The van der Waals surface area contributed by atoms with Crippen molar-refractivity contribution in [2.75, 3.05) is 0 Å². The van der Waals surface area contributed by atoms with E-state index in [0.29, 0.717) is 11.3 Å². The lowest BCUT2D eigenvalue weighted by Crippen LogP contribution is -2.22. The van der Waals surface area contributed by atoms with Gasteiger partial charge < -0.3 is 9.90 Å². The molecule has 0 atom stereocenters. The number of nitrogens with zero attached hydrogens (tertiary/aromatic N) is 3. The summed E-state index contributed by atoms with van der Waals surface area (Å²) in [6, 6.07) is 0. The molecule has 0 bridgehead atoms. The predicted octanol–water partition coefficient (Wildman–Crippen LogP) is -0.396. The van der Waals surface area contributed by atoms with Crippen LogP contribution in [0.4, 0.5) is 0 Å². The fraction of sp³-hybridized carbons (Fsp3) is 0.200. The second-order valence-electron chi connectivity index (χ2n) is 3.39. The number of Topliss-reactive ketones (excluding diaryl/α,β-unsaturated/α-hetero) is 1. The Hall–Kier alpha value is -2.24. The van der Waals surface area contributed by atoms with Crippen molar-refractivity contribution < 1.29 is 14.7 Å². The summed E-state index contributed by atoms with van der Waals surface area (Å²) in [4.78, 5) is 25.9. The molecule has 0 aliphatic carbocycles. The number of rotatable bonds is 2. The van der Waals surface area contributed by atoms with E-state index in [0.717, 1.165) is 6.20 Å². The second-order valence-corrected chi connectivity index (χ2v) is 3.39. The van der Waals surface area contributed by atoms with Crippen LogP contribution in [0.2, 0.25) is 0 Å². The van der Waals surface area contributed by atoms with Gasteiger partial charge >= 0.3 is 0 Å². The van der Waals surface area contributed by atoms with Crippen molar-refractivity contribution in [3.8, 4) is 0 Å². The van der Waals surface area contributed by atoms with Gasteiger partial charge in [-0.3, -0.25) is 4.79 Å². The summed E-state index contributed by atoms with van der Waals surface area (Å²) in [6.07, 6.45) is 2.51. The van der Waals surface area contributed by atoms with Crippen molar-refractivity contribution in [2.45, 2.75) is 13.8 Å². The summed E-state index contributed by atoms with van der Waals surface area (Å²) < 4.78 is 1.32. The number of carboxylic acid groups (broad SMARTS) is 1. The summed E-state index contributed by atoms with van der Waals surface area (Å²) in [6.45, 7) is 3.09. The van der Waals surface area contributed by atoms with Crippen LogP contribution in [0.5, 0.6) is 0 Å². The number of carboxylic acids is 1. The standard InChI is InChI=1S/C10H9N3O3/c1-5-7(6(2)14)3-11-9-8(10(15)16)4-12-13(5)9/h3-4H,1-2H3,(H,15,16)/p-1. The van der Waals surface area contributed by atoms with Crippen molar-refractivity contribution in [2.24, 2.45) is 0 Å². The summed E-state index contributed by atoms with van der Waals surface area (Å²) in [5, 5.41) is 14.6. The molecule has 6 heteroatoms. The molecule has 0 fully saturated rings. The molecule has 0 saturated carbocycles. The van der Waals surface area contributed by atoms with Crippen LogP contribution in [0.15, 0.2) is 12.4 Å². The van der Waals surface area contributed by atoms with Gasteiger partial charge in [-0.25, -0.2) is 9.50 Å². The normalized spacial score (nSPS) is 10.6.